The Morgan fingerprint density at radius 2 is 1.43 bits per heavy atom. The van der Waals surface area contributed by atoms with E-state index in [2.05, 4.69) is 19.1 Å². The molecule has 0 aromatic heterocycles. The molecule has 0 unspecified atom stereocenters. The molecule has 0 aliphatic rings. The first kappa shape index (κ1) is 22.0. The molecule has 0 bridgehead atoms. The van der Waals surface area contributed by atoms with Crippen molar-refractivity contribution in [3.63, 3.8) is 0 Å². The summed E-state index contributed by atoms with van der Waals surface area (Å²) in [5, 5.41) is 8.89. The quantitative estimate of drug-likeness (QED) is 0.218. The molecule has 1 N–H and O–H groups in total. The van der Waals surface area contributed by atoms with Crippen LogP contribution in [0, 0.1) is 0 Å². The minimum Gasteiger partial charge on any atom is -0.449 e. The number of hydrogen-bond donors (Lipinski definition) is 1. The molecule has 2 aromatic rings. The van der Waals surface area contributed by atoms with Gasteiger partial charge in [0.2, 0.25) is 0 Å². The van der Waals surface area contributed by atoms with Gasteiger partial charge in [0.25, 0.3) is 0 Å². The van der Waals surface area contributed by atoms with Crippen molar-refractivity contribution in [1.29, 1.82) is 0 Å². The number of hydrogen-bond acceptors (Lipinski definition) is 2. The monoisotopic (exact) mass is 382 g/mol. The summed E-state index contributed by atoms with van der Waals surface area (Å²) in [5.74, 6) is 0.397. The molecule has 0 amide bonds. The fourth-order valence-electron chi connectivity index (χ4n) is 3.64. The van der Waals surface area contributed by atoms with Gasteiger partial charge in [-0.15, -0.1) is 0 Å². The molecule has 0 atom stereocenters. The summed E-state index contributed by atoms with van der Waals surface area (Å²) in [6, 6.07) is 15.8. The zero-order valence-corrected chi connectivity index (χ0v) is 17.2. The van der Waals surface area contributed by atoms with E-state index in [0.717, 1.165) is 29.5 Å². The Morgan fingerprint density at radius 3 is 2.04 bits per heavy atom. The van der Waals surface area contributed by atoms with Crippen molar-refractivity contribution in [2.45, 2.75) is 77.6 Å². The van der Waals surface area contributed by atoms with E-state index in [-0.39, 0.29) is 0 Å². The molecule has 28 heavy (non-hydrogen) atoms. The van der Waals surface area contributed by atoms with Crippen molar-refractivity contribution in [1.82, 2.24) is 0 Å². The van der Waals surface area contributed by atoms with Crippen LogP contribution in [0.3, 0.4) is 0 Å². The highest BCUT2D eigenvalue weighted by Crippen LogP contribution is 2.29. The minimum absolute atomic E-state index is 0.397. The van der Waals surface area contributed by atoms with Gasteiger partial charge in [-0.05, 0) is 41.7 Å². The highest BCUT2D eigenvalue weighted by molar-refractivity contribution is 5.69. The topological polar surface area (TPSA) is 46.5 Å². The standard InChI is InChI=1S/C25H34O3/c1-2-3-4-5-6-7-8-9-10-12-17-22-20-23(28-25(26)27)18-19-24(22)21-15-13-11-14-16-21/h11,13-16,18-20H,2-10,12,17H2,1H3,(H,26,27). The second-order valence-corrected chi connectivity index (χ2v) is 7.48. The highest BCUT2D eigenvalue weighted by atomic mass is 16.7. The lowest BCUT2D eigenvalue weighted by atomic mass is 9.95. The van der Waals surface area contributed by atoms with Crippen LogP contribution >= 0.6 is 0 Å². The average Bonchev–Trinajstić information content (AvgIpc) is 2.70. The van der Waals surface area contributed by atoms with Crippen LogP contribution in [-0.4, -0.2) is 11.3 Å². The number of carbonyl (C=O) groups is 1. The molecule has 2 rings (SSSR count). The summed E-state index contributed by atoms with van der Waals surface area (Å²) in [7, 11) is 0. The summed E-state index contributed by atoms with van der Waals surface area (Å²) in [6.07, 6.45) is 12.8. The number of ether oxygens (including phenoxy) is 1. The molecule has 0 spiro atoms. The van der Waals surface area contributed by atoms with Gasteiger partial charge in [0.15, 0.2) is 0 Å². The summed E-state index contributed by atoms with van der Waals surface area (Å²) in [5.41, 5.74) is 3.48. The van der Waals surface area contributed by atoms with Gasteiger partial charge in [-0.3, -0.25) is 0 Å². The minimum atomic E-state index is -1.27. The molecule has 0 radical (unpaired) electrons. The Balaban J connectivity index is 1.84. The van der Waals surface area contributed by atoms with Crippen LogP contribution in [0.1, 0.15) is 76.7 Å². The SMILES string of the molecule is CCCCCCCCCCCCc1cc(OC(=O)O)ccc1-c1ccccc1. The molecule has 0 aliphatic heterocycles. The second-order valence-electron chi connectivity index (χ2n) is 7.48. The van der Waals surface area contributed by atoms with Gasteiger partial charge in [0.1, 0.15) is 5.75 Å². The van der Waals surface area contributed by atoms with Gasteiger partial charge in [-0.2, -0.15) is 0 Å². The number of carboxylic acid groups (broad SMARTS) is 1. The maximum Gasteiger partial charge on any atom is 0.511 e. The maximum atomic E-state index is 10.9. The average molecular weight is 383 g/mol. The Hall–Kier alpha value is -2.29. The molecule has 152 valence electrons. The third-order valence-corrected chi connectivity index (χ3v) is 5.17. The summed E-state index contributed by atoms with van der Waals surface area (Å²) in [6.45, 7) is 2.26. The first-order valence-corrected chi connectivity index (χ1v) is 10.8. The molecular weight excluding hydrogens is 348 g/mol. The summed E-state index contributed by atoms with van der Waals surface area (Å²) >= 11 is 0. The molecule has 0 aliphatic carbocycles. The first-order valence-electron chi connectivity index (χ1n) is 10.8. The zero-order chi connectivity index (χ0) is 20.0. The van der Waals surface area contributed by atoms with E-state index in [1.165, 1.54) is 57.8 Å². The van der Waals surface area contributed by atoms with Crippen molar-refractivity contribution in [3.05, 3.63) is 54.1 Å². The van der Waals surface area contributed by atoms with Crippen LogP contribution < -0.4 is 4.74 Å². The fraction of sp³-hybridized carbons (Fsp3) is 0.480. The van der Waals surface area contributed by atoms with Gasteiger partial charge in [-0.1, -0.05) is 101 Å². The van der Waals surface area contributed by atoms with Gasteiger partial charge in [0, 0.05) is 0 Å². The van der Waals surface area contributed by atoms with Crippen LogP contribution in [0.2, 0.25) is 0 Å². The van der Waals surface area contributed by atoms with Crippen molar-refractivity contribution < 1.29 is 14.6 Å². The van der Waals surface area contributed by atoms with Crippen LogP contribution in [0.5, 0.6) is 5.75 Å². The van der Waals surface area contributed by atoms with E-state index in [1.54, 1.807) is 6.07 Å². The maximum absolute atomic E-state index is 10.9. The third-order valence-electron chi connectivity index (χ3n) is 5.17. The van der Waals surface area contributed by atoms with E-state index < -0.39 is 6.16 Å². The van der Waals surface area contributed by atoms with E-state index in [0.29, 0.717) is 5.75 Å². The normalized spacial score (nSPS) is 10.8. The van der Waals surface area contributed by atoms with Crippen LogP contribution in [0.4, 0.5) is 4.79 Å². The molecule has 0 saturated carbocycles. The predicted molar refractivity (Wildman–Crippen MR) is 116 cm³/mol. The molecule has 0 saturated heterocycles. The number of unbranched alkanes of at least 4 members (excludes halogenated alkanes) is 9. The zero-order valence-electron chi connectivity index (χ0n) is 17.2. The van der Waals surface area contributed by atoms with Gasteiger partial charge < -0.3 is 9.84 Å². The molecule has 2 aromatic carbocycles. The van der Waals surface area contributed by atoms with Crippen LogP contribution in [-0.2, 0) is 6.42 Å². The second kappa shape index (κ2) is 13.0. The van der Waals surface area contributed by atoms with E-state index in [9.17, 15) is 4.79 Å². The van der Waals surface area contributed by atoms with E-state index in [1.807, 2.05) is 30.3 Å². The Bertz CT molecular complexity index is 694. The fourth-order valence-corrected chi connectivity index (χ4v) is 3.64. The lowest BCUT2D eigenvalue weighted by Gasteiger charge is -2.12. The van der Waals surface area contributed by atoms with Crippen LogP contribution in [0.25, 0.3) is 11.1 Å². The number of benzene rings is 2. The highest BCUT2D eigenvalue weighted by Gasteiger charge is 2.09. The van der Waals surface area contributed by atoms with E-state index >= 15 is 0 Å². The molecule has 0 heterocycles. The molecule has 3 heteroatoms. The number of rotatable bonds is 13. The largest absolute Gasteiger partial charge is 0.511 e. The Morgan fingerprint density at radius 1 is 0.821 bits per heavy atom. The molecule has 3 nitrogen and oxygen atoms in total. The van der Waals surface area contributed by atoms with Crippen LogP contribution in [0.15, 0.2) is 48.5 Å². The van der Waals surface area contributed by atoms with Crippen molar-refractivity contribution in [2.24, 2.45) is 0 Å². The van der Waals surface area contributed by atoms with Crippen molar-refractivity contribution in [3.8, 4) is 16.9 Å². The van der Waals surface area contributed by atoms with Crippen molar-refractivity contribution in [2.75, 3.05) is 0 Å². The molecular formula is C25H34O3. The summed E-state index contributed by atoms with van der Waals surface area (Å²) < 4.78 is 4.86. The van der Waals surface area contributed by atoms with Gasteiger partial charge in [0.05, 0.1) is 0 Å². The van der Waals surface area contributed by atoms with Gasteiger partial charge in [-0.25, -0.2) is 4.79 Å². The lowest BCUT2D eigenvalue weighted by molar-refractivity contribution is 0.144. The Kier molecular flexibility index (Phi) is 10.2. The Labute approximate surface area is 169 Å². The van der Waals surface area contributed by atoms with E-state index in [4.69, 9.17) is 9.84 Å². The molecule has 0 fully saturated rings. The first-order chi connectivity index (χ1) is 13.7. The third kappa shape index (κ3) is 8.16. The van der Waals surface area contributed by atoms with Gasteiger partial charge >= 0.3 is 6.16 Å². The number of aryl methyl sites for hydroxylation is 1. The predicted octanol–water partition coefficient (Wildman–Crippen LogP) is 7.87. The van der Waals surface area contributed by atoms with Crippen molar-refractivity contribution >= 4 is 6.16 Å². The smallest absolute Gasteiger partial charge is 0.449 e. The summed E-state index contributed by atoms with van der Waals surface area (Å²) in [4.78, 5) is 10.9. The lowest BCUT2D eigenvalue weighted by Crippen LogP contribution is -2.03.